The van der Waals surface area contributed by atoms with Crippen LogP contribution >= 0.6 is 0 Å². The Kier molecular flexibility index (Phi) is 4.02. The lowest BCUT2D eigenvalue weighted by atomic mass is 9.97. The number of rotatable bonds is 5. The predicted octanol–water partition coefficient (Wildman–Crippen LogP) is 3.20. The zero-order valence-electron chi connectivity index (χ0n) is 12.4. The highest BCUT2D eigenvalue weighted by molar-refractivity contribution is 5.99. The molecule has 112 valence electrons. The van der Waals surface area contributed by atoms with E-state index in [1.54, 1.807) is 6.07 Å². The van der Waals surface area contributed by atoms with Gasteiger partial charge in [-0.2, -0.15) is 0 Å². The molecule has 0 fully saturated rings. The van der Waals surface area contributed by atoms with Crippen molar-refractivity contribution in [3.05, 3.63) is 65.2 Å². The van der Waals surface area contributed by atoms with Crippen LogP contribution in [0, 0.1) is 6.92 Å². The molecule has 0 saturated carbocycles. The highest BCUT2D eigenvalue weighted by Gasteiger charge is 2.27. The molecule has 0 radical (unpaired) electrons. The first-order chi connectivity index (χ1) is 10.6. The molecule has 3 rings (SSSR count). The summed E-state index contributed by atoms with van der Waals surface area (Å²) in [5.74, 6) is 0.0368. The first-order valence-corrected chi connectivity index (χ1v) is 7.38. The number of hydrogen-bond acceptors (Lipinski definition) is 4. The molecule has 1 atom stereocenters. The number of Topliss-reactive ketones (excluding diaryl/α,β-unsaturated/α-hetero) is 2. The summed E-state index contributed by atoms with van der Waals surface area (Å²) in [4.78, 5) is 24.5. The lowest BCUT2D eigenvalue weighted by molar-refractivity contribution is -0.120. The van der Waals surface area contributed by atoms with Gasteiger partial charge in [0.1, 0.15) is 6.04 Å². The Morgan fingerprint density at radius 1 is 1.05 bits per heavy atom. The summed E-state index contributed by atoms with van der Waals surface area (Å²) in [5, 5.41) is 0. The first kappa shape index (κ1) is 14.5. The molecule has 2 aromatic rings. The minimum atomic E-state index is -0.374. The van der Waals surface area contributed by atoms with Crippen molar-refractivity contribution in [3.8, 4) is 0 Å². The van der Waals surface area contributed by atoms with Crippen molar-refractivity contribution in [2.24, 2.45) is 0 Å². The van der Waals surface area contributed by atoms with E-state index < -0.39 is 0 Å². The summed E-state index contributed by atoms with van der Waals surface area (Å²) in [6.45, 7) is 1.95. The van der Waals surface area contributed by atoms with E-state index in [2.05, 4.69) is 10.9 Å². The minimum absolute atomic E-state index is 0.0105. The van der Waals surface area contributed by atoms with Crippen molar-refractivity contribution in [2.75, 3.05) is 5.43 Å². The number of benzene rings is 2. The Hall–Kier alpha value is -2.46. The summed E-state index contributed by atoms with van der Waals surface area (Å²) in [7, 11) is 0. The van der Waals surface area contributed by atoms with Gasteiger partial charge in [0.05, 0.1) is 5.69 Å². The van der Waals surface area contributed by atoms with Gasteiger partial charge in [0.2, 0.25) is 0 Å². The Bertz CT molecular complexity index is 725. The van der Waals surface area contributed by atoms with Gasteiger partial charge >= 0.3 is 0 Å². The number of hydrazine groups is 1. The molecule has 0 saturated heterocycles. The van der Waals surface area contributed by atoms with E-state index in [0.29, 0.717) is 5.56 Å². The van der Waals surface area contributed by atoms with Crippen LogP contribution in [0.3, 0.4) is 0 Å². The van der Waals surface area contributed by atoms with Crippen molar-refractivity contribution in [2.45, 2.75) is 25.8 Å². The zero-order chi connectivity index (χ0) is 15.5. The van der Waals surface area contributed by atoms with Gasteiger partial charge < -0.3 is 5.43 Å². The topological polar surface area (TPSA) is 58.2 Å². The zero-order valence-corrected chi connectivity index (χ0v) is 12.4. The van der Waals surface area contributed by atoms with Crippen LogP contribution < -0.4 is 10.9 Å². The maximum absolute atomic E-state index is 12.4. The number of anilines is 1. The highest BCUT2D eigenvalue weighted by atomic mass is 16.1. The smallest absolute Gasteiger partial charge is 0.163 e. The molecule has 0 aliphatic carbocycles. The molecule has 0 amide bonds. The molecular weight excluding hydrogens is 276 g/mol. The highest BCUT2D eigenvalue weighted by Crippen LogP contribution is 2.29. The molecule has 22 heavy (non-hydrogen) atoms. The van der Waals surface area contributed by atoms with Crippen molar-refractivity contribution < 1.29 is 9.59 Å². The fourth-order valence-electron chi connectivity index (χ4n) is 2.69. The number of hydrogen-bond donors (Lipinski definition) is 2. The van der Waals surface area contributed by atoms with E-state index in [9.17, 15) is 9.59 Å². The maximum atomic E-state index is 12.4. The van der Waals surface area contributed by atoms with Crippen LogP contribution in [0.2, 0.25) is 0 Å². The molecule has 2 N–H and O–H groups in total. The fraction of sp³-hybridized carbons (Fsp3) is 0.222. The lowest BCUT2D eigenvalue weighted by Crippen LogP contribution is -2.26. The van der Waals surface area contributed by atoms with E-state index in [1.807, 2.05) is 49.4 Å². The van der Waals surface area contributed by atoms with E-state index in [4.69, 9.17) is 0 Å². The lowest BCUT2D eigenvalue weighted by Gasteiger charge is -2.09. The summed E-state index contributed by atoms with van der Waals surface area (Å²) in [6, 6.07) is 14.8. The SMILES string of the molecule is Cc1cccc(C(=O)CCC(=O)C2NNc3ccccc32)c1. The van der Waals surface area contributed by atoms with Gasteiger partial charge in [-0.15, -0.1) is 0 Å². The number of ketones is 2. The number of aryl methyl sites for hydroxylation is 1. The quantitative estimate of drug-likeness (QED) is 0.831. The number of nitrogens with one attached hydrogen (secondary N) is 2. The third kappa shape index (κ3) is 2.92. The molecule has 1 heterocycles. The van der Waals surface area contributed by atoms with Crippen LogP contribution in [0.1, 0.15) is 40.4 Å². The van der Waals surface area contributed by atoms with Gasteiger partial charge in [0.25, 0.3) is 0 Å². The molecule has 0 spiro atoms. The Labute approximate surface area is 129 Å². The first-order valence-electron chi connectivity index (χ1n) is 7.38. The van der Waals surface area contributed by atoms with E-state index >= 15 is 0 Å². The predicted molar refractivity (Wildman–Crippen MR) is 85.7 cm³/mol. The van der Waals surface area contributed by atoms with E-state index in [1.165, 1.54) is 0 Å². The second-order valence-corrected chi connectivity index (χ2v) is 5.55. The summed E-state index contributed by atoms with van der Waals surface area (Å²) in [5.41, 5.74) is 9.57. The van der Waals surface area contributed by atoms with E-state index in [-0.39, 0.29) is 30.4 Å². The van der Waals surface area contributed by atoms with Crippen LogP contribution in [-0.2, 0) is 4.79 Å². The Morgan fingerprint density at radius 3 is 2.68 bits per heavy atom. The second kappa shape index (κ2) is 6.12. The Morgan fingerprint density at radius 2 is 1.86 bits per heavy atom. The molecule has 1 unspecified atom stereocenters. The monoisotopic (exact) mass is 294 g/mol. The second-order valence-electron chi connectivity index (χ2n) is 5.55. The van der Waals surface area contributed by atoms with Gasteiger partial charge in [0.15, 0.2) is 11.6 Å². The van der Waals surface area contributed by atoms with Gasteiger partial charge in [-0.3, -0.25) is 9.59 Å². The minimum Gasteiger partial charge on any atom is -0.320 e. The molecule has 1 aliphatic heterocycles. The third-order valence-electron chi connectivity index (χ3n) is 3.88. The van der Waals surface area contributed by atoms with Crippen LogP contribution in [0.5, 0.6) is 0 Å². The van der Waals surface area contributed by atoms with Crippen LogP contribution in [0.25, 0.3) is 0 Å². The van der Waals surface area contributed by atoms with Gasteiger partial charge in [-0.05, 0) is 19.1 Å². The van der Waals surface area contributed by atoms with E-state index in [0.717, 1.165) is 16.8 Å². The maximum Gasteiger partial charge on any atom is 0.163 e. The third-order valence-corrected chi connectivity index (χ3v) is 3.88. The van der Waals surface area contributed by atoms with Crippen LogP contribution in [0.4, 0.5) is 5.69 Å². The molecule has 2 aromatic carbocycles. The average Bonchev–Trinajstić information content (AvgIpc) is 2.96. The van der Waals surface area contributed by atoms with Gasteiger partial charge in [0, 0.05) is 24.0 Å². The normalized spacial score (nSPS) is 16.0. The fourth-order valence-corrected chi connectivity index (χ4v) is 2.69. The average molecular weight is 294 g/mol. The number of carbonyl (C=O) groups is 2. The van der Waals surface area contributed by atoms with Crippen molar-refractivity contribution >= 4 is 17.3 Å². The standard InChI is InChI=1S/C18H18N2O2/c1-12-5-4-6-13(11-12)16(21)9-10-17(22)18-14-7-2-3-8-15(14)19-20-18/h2-8,11,18-20H,9-10H2,1H3. The van der Waals surface area contributed by atoms with Gasteiger partial charge in [-0.25, -0.2) is 5.43 Å². The molecule has 4 nitrogen and oxygen atoms in total. The molecule has 0 aromatic heterocycles. The van der Waals surface area contributed by atoms with Crippen molar-refractivity contribution in [3.63, 3.8) is 0 Å². The number of carbonyl (C=O) groups excluding carboxylic acids is 2. The molecule has 1 aliphatic rings. The number of fused-ring (bicyclic) bond motifs is 1. The summed E-state index contributed by atoms with van der Waals surface area (Å²) < 4.78 is 0. The van der Waals surface area contributed by atoms with Crippen molar-refractivity contribution in [1.82, 2.24) is 5.43 Å². The summed E-state index contributed by atoms with van der Waals surface area (Å²) in [6.07, 6.45) is 0.475. The molecular formula is C18H18N2O2. The van der Waals surface area contributed by atoms with Gasteiger partial charge in [-0.1, -0.05) is 42.0 Å². The largest absolute Gasteiger partial charge is 0.320 e. The van der Waals surface area contributed by atoms with Crippen LogP contribution in [0.15, 0.2) is 48.5 Å². The van der Waals surface area contributed by atoms with Crippen LogP contribution in [-0.4, -0.2) is 11.6 Å². The van der Waals surface area contributed by atoms with Crippen molar-refractivity contribution in [1.29, 1.82) is 0 Å². The molecule has 0 bridgehead atoms. The summed E-state index contributed by atoms with van der Waals surface area (Å²) >= 11 is 0. The Balaban J connectivity index is 1.63. The number of para-hydroxylation sites is 1. The molecule has 4 heteroatoms.